The van der Waals surface area contributed by atoms with Gasteiger partial charge in [0.05, 0.1) is 5.57 Å². The number of anilines is 3. The Balaban J connectivity index is 1.26. The second-order valence-electron chi connectivity index (χ2n) is 8.76. The third-order valence-electron chi connectivity index (χ3n) is 6.39. The van der Waals surface area contributed by atoms with Crippen molar-refractivity contribution >= 4 is 40.1 Å². The summed E-state index contributed by atoms with van der Waals surface area (Å²) in [6.45, 7) is 4.77. The number of benzene rings is 2. The highest BCUT2D eigenvalue weighted by atomic mass is 35.5. The van der Waals surface area contributed by atoms with Gasteiger partial charge in [0.15, 0.2) is 0 Å². The van der Waals surface area contributed by atoms with E-state index in [1.807, 2.05) is 19.1 Å². The van der Waals surface area contributed by atoms with Crippen molar-refractivity contribution in [2.75, 3.05) is 29.5 Å². The lowest BCUT2D eigenvalue weighted by Gasteiger charge is -2.19. The monoisotopic (exact) mass is 458 g/mol. The lowest BCUT2D eigenvalue weighted by atomic mass is 9.96. The van der Waals surface area contributed by atoms with Gasteiger partial charge >= 0.3 is 0 Å². The molecule has 4 N–H and O–H groups in total. The number of nitrogens with one attached hydrogen (secondary N) is 2. The van der Waals surface area contributed by atoms with E-state index < -0.39 is 0 Å². The van der Waals surface area contributed by atoms with E-state index >= 15 is 0 Å². The standard InChI is InChI=1S/C27H27ClN4O/c1-17(26-24-15-22(29)6-9-25(24)31-27(26)33)30-23-7-2-18(3-8-23)16-32-12-10-19-4-5-21(28)14-20(19)11-13-32/h2-3,5-10,14-15,30H,4,11-13,16,29H2,1H3,(H,31,33)/b26-17-. The number of amides is 1. The number of allylic oxidation sites excluding steroid dienone is 5. The summed E-state index contributed by atoms with van der Waals surface area (Å²) >= 11 is 6.20. The number of rotatable bonds is 4. The number of carbonyl (C=O) groups is 1. The van der Waals surface area contributed by atoms with Crippen LogP contribution in [-0.4, -0.2) is 23.9 Å². The van der Waals surface area contributed by atoms with Gasteiger partial charge in [-0.1, -0.05) is 35.9 Å². The summed E-state index contributed by atoms with van der Waals surface area (Å²) in [5, 5.41) is 7.14. The summed E-state index contributed by atoms with van der Waals surface area (Å²) in [5.74, 6) is -0.111. The van der Waals surface area contributed by atoms with E-state index in [0.717, 1.165) is 60.1 Å². The Hall–Kier alpha value is -3.28. The molecule has 0 aromatic heterocycles. The molecule has 0 radical (unpaired) electrons. The first-order chi connectivity index (χ1) is 16.0. The fourth-order valence-electron chi connectivity index (χ4n) is 4.64. The number of fused-ring (bicyclic) bond motifs is 2. The minimum atomic E-state index is -0.111. The SMILES string of the molecule is C/C(Nc1ccc(CN2CC=C3CC=C(Cl)C=C3CC2)cc1)=C1/C(=O)Nc2ccc(N)cc21. The van der Waals surface area contributed by atoms with Gasteiger partial charge in [0.2, 0.25) is 0 Å². The average molecular weight is 459 g/mol. The largest absolute Gasteiger partial charge is 0.399 e. The van der Waals surface area contributed by atoms with Crippen LogP contribution in [0.4, 0.5) is 17.1 Å². The van der Waals surface area contributed by atoms with Crippen molar-refractivity contribution in [3.05, 3.63) is 93.7 Å². The molecule has 168 valence electrons. The van der Waals surface area contributed by atoms with Crippen molar-refractivity contribution < 1.29 is 4.79 Å². The molecule has 3 aliphatic rings. The molecule has 0 fully saturated rings. The zero-order chi connectivity index (χ0) is 22.9. The molecular weight excluding hydrogens is 432 g/mol. The molecule has 6 heteroatoms. The lowest BCUT2D eigenvalue weighted by Crippen LogP contribution is -2.23. The van der Waals surface area contributed by atoms with Crippen molar-refractivity contribution in [2.24, 2.45) is 0 Å². The minimum Gasteiger partial charge on any atom is -0.399 e. The van der Waals surface area contributed by atoms with Gasteiger partial charge in [-0.15, -0.1) is 0 Å². The zero-order valence-corrected chi connectivity index (χ0v) is 19.4. The van der Waals surface area contributed by atoms with Crippen LogP contribution in [0.5, 0.6) is 0 Å². The molecule has 5 rings (SSSR count). The first-order valence-corrected chi connectivity index (χ1v) is 11.6. The van der Waals surface area contributed by atoms with E-state index in [9.17, 15) is 4.79 Å². The highest BCUT2D eigenvalue weighted by molar-refractivity contribution is 6.32. The second kappa shape index (κ2) is 8.93. The van der Waals surface area contributed by atoms with Crippen LogP contribution in [0, 0.1) is 0 Å². The smallest absolute Gasteiger partial charge is 0.258 e. The molecule has 1 amide bonds. The van der Waals surface area contributed by atoms with Gasteiger partial charge in [0, 0.05) is 53.0 Å². The molecular formula is C27H27ClN4O. The van der Waals surface area contributed by atoms with E-state index in [1.165, 1.54) is 16.7 Å². The minimum absolute atomic E-state index is 0.111. The van der Waals surface area contributed by atoms with E-state index in [-0.39, 0.29) is 5.91 Å². The Bertz CT molecular complexity index is 1240. The molecule has 0 saturated carbocycles. The molecule has 0 unspecified atom stereocenters. The molecule has 0 spiro atoms. The first-order valence-electron chi connectivity index (χ1n) is 11.2. The zero-order valence-electron chi connectivity index (χ0n) is 18.6. The van der Waals surface area contributed by atoms with Gasteiger partial charge in [0.1, 0.15) is 0 Å². The molecule has 33 heavy (non-hydrogen) atoms. The molecule has 2 aromatic rings. The highest BCUT2D eigenvalue weighted by Crippen LogP contribution is 2.35. The van der Waals surface area contributed by atoms with Gasteiger partial charge in [-0.05, 0) is 72.9 Å². The third-order valence-corrected chi connectivity index (χ3v) is 6.65. The molecule has 0 saturated heterocycles. The summed E-state index contributed by atoms with van der Waals surface area (Å²) < 4.78 is 0. The summed E-state index contributed by atoms with van der Waals surface area (Å²) in [7, 11) is 0. The number of halogens is 1. The van der Waals surface area contributed by atoms with Crippen LogP contribution in [0.2, 0.25) is 0 Å². The van der Waals surface area contributed by atoms with Gasteiger partial charge in [-0.3, -0.25) is 9.69 Å². The Morgan fingerprint density at radius 3 is 2.79 bits per heavy atom. The van der Waals surface area contributed by atoms with Crippen molar-refractivity contribution in [3.8, 4) is 0 Å². The van der Waals surface area contributed by atoms with Gasteiger partial charge < -0.3 is 16.4 Å². The van der Waals surface area contributed by atoms with E-state index in [2.05, 4.69) is 58.0 Å². The number of hydrogen-bond donors (Lipinski definition) is 3. The lowest BCUT2D eigenvalue weighted by molar-refractivity contribution is -0.110. The van der Waals surface area contributed by atoms with Crippen molar-refractivity contribution in [1.82, 2.24) is 4.90 Å². The van der Waals surface area contributed by atoms with Crippen LogP contribution in [0.25, 0.3) is 5.57 Å². The summed E-state index contributed by atoms with van der Waals surface area (Å²) in [4.78, 5) is 15.0. The van der Waals surface area contributed by atoms with E-state index in [0.29, 0.717) is 11.3 Å². The number of nitrogen functional groups attached to an aromatic ring is 1. The predicted molar refractivity (Wildman–Crippen MR) is 137 cm³/mol. The molecule has 5 nitrogen and oxygen atoms in total. The molecule has 2 heterocycles. The van der Waals surface area contributed by atoms with Gasteiger partial charge in [0.25, 0.3) is 5.91 Å². The first kappa shape index (κ1) is 21.6. The van der Waals surface area contributed by atoms with E-state index in [1.54, 1.807) is 6.07 Å². The summed E-state index contributed by atoms with van der Waals surface area (Å²) in [5.41, 5.74) is 14.6. The molecule has 1 aliphatic carbocycles. The maximum atomic E-state index is 12.5. The van der Waals surface area contributed by atoms with Crippen LogP contribution < -0.4 is 16.4 Å². The maximum absolute atomic E-state index is 12.5. The summed E-state index contributed by atoms with van der Waals surface area (Å²) in [6.07, 6.45) is 8.48. The average Bonchev–Trinajstić information content (AvgIpc) is 2.99. The van der Waals surface area contributed by atoms with Crippen molar-refractivity contribution in [2.45, 2.75) is 26.3 Å². The Labute approximate surface area is 199 Å². The molecule has 2 aliphatic heterocycles. The summed E-state index contributed by atoms with van der Waals surface area (Å²) in [6, 6.07) is 13.9. The maximum Gasteiger partial charge on any atom is 0.258 e. The number of nitrogens with zero attached hydrogens (tertiary/aromatic N) is 1. The number of carbonyl (C=O) groups excluding carboxylic acids is 1. The number of nitrogens with two attached hydrogens (primary N) is 1. The van der Waals surface area contributed by atoms with Gasteiger partial charge in [-0.25, -0.2) is 0 Å². The predicted octanol–water partition coefficient (Wildman–Crippen LogP) is 5.65. The van der Waals surface area contributed by atoms with Crippen LogP contribution in [0.3, 0.4) is 0 Å². The fraction of sp³-hybridized carbons (Fsp3) is 0.222. The second-order valence-corrected chi connectivity index (χ2v) is 9.19. The highest BCUT2D eigenvalue weighted by Gasteiger charge is 2.26. The van der Waals surface area contributed by atoms with Crippen molar-refractivity contribution in [3.63, 3.8) is 0 Å². The van der Waals surface area contributed by atoms with Crippen molar-refractivity contribution in [1.29, 1.82) is 0 Å². The quantitative estimate of drug-likeness (QED) is 0.409. The molecule has 0 bridgehead atoms. The van der Waals surface area contributed by atoms with Gasteiger partial charge in [-0.2, -0.15) is 0 Å². The fourth-order valence-corrected chi connectivity index (χ4v) is 4.85. The Morgan fingerprint density at radius 1 is 1.15 bits per heavy atom. The van der Waals surface area contributed by atoms with Crippen LogP contribution >= 0.6 is 11.6 Å². The normalized spacial score (nSPS) is 19.5. The van der Waals surface area contributed by atoms with Crippen LogP contribution in [0.1, 0.15) is 30.9 Å². The van der Waals surface area contributed by atoms with Crippen LogP contribution in [0.15, 0.2) is 82.6 Å². The Kier molecular flexibility index (Phi) is 5.83. The van der Waals surface area contributed by atoms with Crippen LogP contribution in [-0.2, 0) is 11.3 Å². The van der Waals surface area contributed by atoms with E-state index in [4.69, 9.17) is 17.3 Å². The topological polar surface area (TPSA) is 70.4 Å². The molecule has 2 aromatic carbocycles. The number of hydrogen-bond acceptors (Lipinski definition) is 4. The molecule has 0 atom stereocenters. The third kappa shape index (κ3) is 4.61. The Morgan fingerprint density at radius 2 is 1.97 bits per heavy atom.